The van der Waals surface area contributed by atoms with Crippen molar-refractivity contribution in [1.82, 2.24) is 15.5 Å². The van der Waals surface area contributed by atoms with Gasteiger partial charge in [0.1, 0.15) is 0 Å². The zero-order valence-electron chi connectivity index (χ0n) is 10.4. The molecule has 0 aromatic carbocycles. The van der Waals surface area contributed by atoms with Crippen molar-refractivity contribution in [2.24, 2.45) is 11.8 Å². The van der Waals surface area contributed by atoms with Crippen LogP contribution in [0.5, 0.6) is 0 Å². The van der Waals surface area contributed by atoms with Crippen LogP contribution in [0.15, 0.2) is 4.52 Å². The Bertz CT molecular complexity index is 337. The molecule has 1 aliphatic rings. The van der Waals surface area contributed by atoms with Crippen LogP contribution in [0.25, 0.3) is 0 Å². The van der Waals surface area contributed by atoms with Crippen LogP contribution in [0.3, 0.4) is 0 Å². The summed E-state index contributed by atoms with van der Waals surface area (Å²) in [5.74, 6) is 2.99. The first-order valence-corrected chi connectivity index (χ1v) is 6.17. The Kier molecular flexibility index (Phi) is 3.59. The molecule has 1 aromatic heterocycles. The molecule has 0 aliphatic heterocycles. The predicted octanol–water partition coefficient (Wildman–Crippen LogP) is 2.29. The van der Waals surface area contributed by atoms with Gasteiger partial charge in [0.15, 0.2) is 5.82 Å². The number of aromatic nitrogens is 2. The van der Waals surface area contributed by atoms with E-state index in [4.69, 9.17) is 4.52 Å². The van der Waals surface area contributed by atoms with E-state index in [1.165, 1.54) is 19.3 Å². The summed E-state index contributed by atoms with van der Waals surface area (Å²) in [5, 5.41) is 7.32. The largest absolute Gasteiger partial charge is 0.338 e. The van der Waals surface area contributed by atoms with E-state index in [0.29, 0.717) is 24.3 Å². The highest BCUT2D eigenvalue weighted by Crippen LogP contribution is 2.28. The lowest BCUT2D eigenvalue weighted by Gasteiger charge is -2.33. The summed E-state index contributed by atoms with van der Waals surface area (Å²) >= 11 is 0. The standard InChI is InChI=1S/C12H21N3O/c1-8-4-5-9(2)11(6-8)13-7-12-14-10(3)15-16-12/h8-9,11,13H,4-7H2,1-3H3. The van der Waals surface area contributed by atoms with Crippen molar-refractivity contribution >= 4 is 0 Å². The van der Waals surface area contributed by atoms with Gasteiger partial charge in [-0.25, -0.2) is 0 Å². The Labute approximate surface area is 96.8 Å². The molecule has 90 valence electrons. The van der Waals surface area contributed by atoms with Gasteiger partial charge < -0.3 is 9.84 Å². The van der Waals surface area contributed by atoms with Gasteiger partial charge in [-0.1, -0.05) is 25.4 Å². The summed E-state index contributed by atoms with van der Waals surface area (Å²) < 4.78 is 5.09. The molecule has 1 heterocycles. The van der Waals surface area contributed by atoms with Gasteiger partial charge >= 0.3 is 0 Å². The van der Waals surface area contributed by atoms with Crippen LogP contribution in [0, 0.1) is 18.8 Å². The first-order valence-electron chi connectivity index (χ1n) is 6.17. The monoisotopic (exact) mass is 223 g/mol. The highest BCUT2D eigenvalue weighted by molar-refractivity contribution is 4.86. The topological polar surface area (TPSA) is 51.0 Å². The van der Waals surface area contributed by atoms with Gasteiger partial charge in [-0.2, -0.15) is 4.98 Å². The van der Waals surface area contributed by atoms with Crippen LogP contribution >= 0.6 is 0 Å². The fourth-order valence-corrected chi connectivity index (χ4v) is 2.45. The van der Waals surface area contributed by atoms with Gasteiger partial charge in [0.05, 0.1) is 6.54 Å². The second kappa shape index (κ2) is 4.95. The zero-order chi connectivity index (χ0) is 11.5. The molecule has 16 heavy (non-hydrogen) atoms. The maximum Gasteiger partial charge on any atom is 0.240 e. The van der Waals surface area contributed by atoms with Crippen molar-refractivity contribution in [2.75, 3.05) is 0 Å². The number of hydrogen-bond acceptors (Lipinski definition) is 4. The van der Waals surface area contributed by atoms with Crippen LogP contribution in [-0.4, -0.2) is 16.2 Å². The average Bonchev–Trinajstić information content (AvgIpc) is 2.66. The number of nitrogens with one attached hydrogen (secondary N) is 1. The summed E-state index contributed by atoms with van der Waals surface area (Å²) in [7, 11) is 0. The van der Waals surface area contributed by atoms with Crippen LogP contribution in [-0.2, 0) is 6.54 Å². The highest BCUT2D eigenvalue weighted by atomic mass is 16.5. The molecule has 1 saturated carbocycles. The number of rotatable bonds is 3. The molecule has 0 radical (unpaired) electrons. The van der Waals surface area contributed by atoms with Crippen molar-refractivity contribution in [3.05, 3.63) is 11.7 Å². The molecule has 3 unspecified atom stereocenters. The molecule has 0 bridgehead atoms. The first kappa shape index (κ1) is 11.6. The molecule has 0 amide bonds. The molecule has 3 atom stereocenters. The molecule has 1 aromatic rings. The first-order chi connectivity index (χ1) is 7.65. The summed E-state index contributed by atoms with van der Waals surface area (Å²) in [4.78, 5) is 4.20. The maximum absolute atomic E-state index is 5.09. The molecule has 4 nitrogen and oxygen atoms in total. The van der Waals surface area contributed by atoms with Crippen molar-refractivity contribution in [2.45, 2.75) is 52.6 Å². The van der Waals surface area contributed by atoms with E-state index in [1.807, 2.05) is 6.92 Å². The smallest absolute Gasteiger partial charge is 0.240 e. The maximum atomic E-state index is 5.09. The third-order valence-corrected chi connectivity index (χ3v) is 3.54. The molecule has 0 spiro atoms. The number of nitrogens with zero attached hydrogens (tertiary/aromatic N) is 2. The van der Waals surface area contributed by atoms with Gasteiger partial charge in [0, 0.05) is 6.04 Å². The lowest BCUT2D eigenvalue weighted by Crippen LogP contribution is -2.39. The van der Waals surface area contributed by atoms with Gasteiger partial charge in [0.2, 0.25) is 5.89 Å². The second-order valence-corrected chi connectivity index (χ2v) is 5.12. The minimum Gasteiger partial charge on any atom is -0.338 e. The van der Waals surface area contributed by atoms with E-state index >= 15 is 0 Å². The summed E-state index contributed by atoms with van der Waals surface area (Å²) in [6, 6.07) is 0.593. The Morgan fingerprint density at radius 2 is 2.19 bits per heavy atom. The Morgan fingerprint density at radius 1 is 1.38 bits per heavy atom. The summed E-state index contributed by atoms with van der Waals surface area (Å²) in [5.41, 5.74) is 0. The van der Waals surface area contributed by atoms with Crippen LogP contribution in [0.4, 0.5) is 0 Å². The van der Waals surface area contributed by atoms with Crippen molar-refractivity contribution in [3.63, 3.8) is 0 Å². The lowest BCUT2D eigenvalue weighted by molar-refractivity contribution is 0.220. The van der Waals surface area contributed by atoms with Gasteiger partial charge in [-0.05, 0) is 31.6 Å². The molecule has 2 rings (SSSR count). The van der Waals surface area contributed by atoms with Gasteiger partial charge in [0.25, 0.3) is 0 Å². The Morgan fingerprint density at radius 3 is 2.88 bits per heavy atom. The number of hydrogen-bond donors (Lipinski definition) is 1. The normalized spacial score (nSPS) is 30.6. The average molecular weight is 223 g/mol. The number of aryl methyl sites for hydroxylation is 1. The van der Waals surface area contributed by atoms with E-state index in [0.717, 1.165) is 11.8 Å². The SMILES string of the molecule is Cc1noc(CNC2CC(C)CCC2C)n1. The van der Waals surface area contributed by atoms with Gasteiger partial charge in [-0.3, -0.25) is 0 Å². The van der Waals surface area contributed by atoms with E-state index < -0.39 is 0 Å². The zero-order valence-corrected chi connectivity index (χ0v) is 10.4. The van der Waals surface area contributed by atoms with E-state index in [2.05, 4.69) is 29.3 Å². The minimum atomic E-state index is 0.593. The summed E-state index contributed by atoms with van der Waals surface area (Å²) in [6.07, 6.45) is 3.94. The van der Waals surface area contributed by atoms with Crippen molar-refractivity contribution in [3.8, 4) is 0 Å². The van der Waals surface area contributed by atoms with Gasteiger partial charge in [-0.15, -0.1) is 0 Å². The molecule has 0 saturated heterocycles. The van der Waals surface area contributed by atoms with Crippen LogP contribution in [0.1, 0.15) is 44.8 Å². The molecular formula is C12H21N3O. The molecule has 1 fully saturated rings. The third-order valence-electron chi connectivity index (χ3n) is 3.54. The summed E-state index contributed by atoms with van der Waals surface area (Å²) in [6.45, 7) is 7.20. The Balaban J connectivity index is 1.84. The predicted molar refractivity (Wildman–Crippen MR) is 61.8 cm³/mol. The van der Waals surface area contributed by atoms with E-state index in [1.54, 1.807) is 0 Å². The van der Waals surface area contributed by atoms with Crippen LogP contribution < -0.4 is 5.32 Å². The highest BCUT2D eigenvalue weighted by Gasteiger charge is 2.25. The molecule has 1 aliphatic carbocycles. The van der Waals surface area contributed by atoms with Crippen molar-refractivity contribution < 1.29 is 4.52 Å². The fraction of sp³-hybridized carbons (Fsp3) is 0.833. The quantitative estimate of drug-likeness (QED) is 0.854. The van der Waals surface area contributed by atoms with Crippen LogP contribution in [0.2, 0.25) is 0 Å². The Hall–Kier alpha value is -0.900. The van der Waals surface area contributed by atoms with E-state index in [9.17, 15) is 0 Å². The third kappa shape index (κ3) is 2.82. The second-order valence-electron chi connectivity index (χ2n) is 5.12. The van der Waals surface area contributed by atoms with Crippen molar-refractivity contribution in [1.29, 1.82) is 0 Å². The minimum absolute atomic E-state index is 0.593. The molecule has 4 heteroatoms. The molecule has 1 N–H and O–H groups in total. The fourth-order valence-electron chi connectivity index (χ4n) is 2.45. The van der Waals surface area contributed by atoms with E-state index in [-0.39, 0.29) is 0 Å². The lowest BCUT2D eigenvalue weighted by atomic mass is 9.80. The molecular weight excluding hydrogens is 202 g/mol.